The molecule has 0 bridgehead atoms. The zero-order chi connectivity index (χ0) is 16.6. The van der Waals surface area contributed by atoms with Crippen molar-refractivity contribution >= 4 is 21.9 Å². The highest BCUT2D eigenvalue weighted by molar-refractivity contribution is 5.99. The molecule has 0 saturated heterocycles. The molecule has 3 aromatic rings. The molecule has 0 atom stereocenters. The average molecular weight is 316 g/mol. The Morgan fingerprint density at radius 3 is 2.13 bits per heavy atom. The zero-order valence-electron chi connectivity index (χ0n) is 13.3. The molecule has 0 saturated carbocycles. The van der Waals surface area contributed by atoms with Gasteiger partial charge >= 0.3 is 0 Å². The number of benzene rings is 2. The number of hydrogen-bond donors (Lipinski definition) is 0. The molecule has 0 aliphatic heterocycles. The van der Waals surface area contributed by atoms with Crippen LogP contribution < -0.4 is 24.4 Å². The first-order valence-corrected chi connectivity index (χ1v) is 6.88. The molecule has 6 heteroatoms. The first kappa shape index (κ1) is 15.0. The van der Waals surface area contributed by atoms with Gasteiger partial charge in [0.1, 0.15) is 11.1 Å². The van der Waals surface area contributed by atoms with E-state index in [-0.39, 0.29) is 11.0 Å². The summed E-state index contributed by atoms with van der Waals surface area (Å²) in [5.74, 6) is 1.56. The molecule has 120 valence electrons. The van der Waals surface area contributed by atoms with E-state index in [2.05, 4.69) is 0 Å². The number of hydrogen-bond acceptors (Lipinski definition) is 6. The topological polar surface area (TPSA) is 67.1 Å². The minimum atomic E-state index is -0.224. The van der Waals surface area contributed by atoms with Gasteiger partial charge in [0.15, 0.2) is 22.7 Å². The largest absolute Gasteiger partial charge is 0.496 e. The Bertz CT molecular complexity index is 941. The highest BCUT2D eigenvalue weighted by atomic mass is 16.5. The standard InChI is InChI=1S/C17H16O6/c1-19-10-7-5-6-9-14(18)13-11(20-2)8-12(21-3)16(22-4)17(13)23-15(9)10/h5-8H,1-4H3. The Kier molecular flexibility index (Phi) is 3.73. The molecule has 1 heterocycles. The maximum absolute atomic E-state index is 12.9. The van der Waals surface area contributed by atoms with Gasteiger partial charge in [0, 0.05) is 6.07 Å². The molecule has 0 unspecified atom stereocenters. The van der Waals surface area contributed by atoms with Crippen molar-refractivity contribution in [2.75, 3.05) is 28.4 Å². The second kappa shape index (κ2) is 5.72. The van der Waals surface area contributed by atoms with E-state index in [1.54, 1.807) is 24.3 Å². The molecular formula is C17H16O6. The van der Waals surface area contributed by atoms with Crippen LogP contribution in [-0.2, 0) is 0 Å². The predicted molar refractivity (Wildman–Crippen MR) is 86.2 cm³/mol. The fourth-order valence-electron chi connectivity index (χ4n) is 2.61. The summed E-state index contributed by atoms with van der Waals surface area (Å²) < 4.78 is 27.2. The van der Waals surface area contributed by atoms with Gasteiger partial charge in [0.25, 0.3) is 0 Å². The summed E-state index contributed by atoms with van der Waals surface area (Å²) in [5, 5.41) is 0.702. The second-order valence-electron chi connectivity index (χ2n) is 4.79. The molecule has 6 nitrogen and oxygen atoms in total. The van der Waals surface area contributed by atoms with Crippen LogP contribution in [0.15, 0.2) is 33.5 Å². The quantitative estimate of drug-likeness (QED) is 0.689. The van der Waals surface area contributed by atoms with Gasteiger partial charge in [-0.2, -0.15) is 0 Å². The van der Waals surface area contributed by atoms with Crippen LogP contribution in [0.5, 0.6) is 23.0 Å². The molecule has 0 amide bonds. The normalized spacial score (nSPS) is 10.8. The van der Waals surface area contributed by atoms with Crippen LogP contribution in [0.25, 0.3) is 21.9 Å². The van der Waals surface area contributed by atoms with Gasteiger partial charge in [-0.1, -0.05) is 6.07 Å². The summed E-state index contributed by atoms with van der Waals surface area (Å²) in [7, 11) is 5.98. The molecule has 0 aliphatic rings. The zero-order valence-corrected chi connectivity index (χ0v) is 13.3. The van der Waals surface area contributed by atoms with Crippen molar-refractivity contribution in [3.05, 3.63) is 34.5 Å². The van der Waals surface area contributed by atoms with Crippen LogP contribution in [0.3, 0.4) is 0 Å². The molecule has 2 aromatic carbocycles. The molecule has 0 N–H and O–H groups in total. The third-order valence-electron chi connectivity index (χ3n) is 3.68. The summed E-state index contributed by atoms with van der Waals surface area (Å²) in [6.07, 6.45) is 0. The summed E-state index contributed by atoms with van der Waals surface area (Å²) in [6.45, 7) is 0. The van der Waals surface area contributed by atoms with Crippen molar-refractivity contribution in [2.45, 2.75) is 0 Å². The van der Waals surface area contributed by atoms with Crippen LogP contribution >= 0.6 is 0 Å². The number of fused-ring (bicyclic) bond motifs is 2. The van der Waals surface area contributed by atoms with Crippen LogP contribution in [0.4, 0.5) is 0 Å². The lowest BCUT2D eigenvalue weighted by Crippen LogP contribution is -2.06. The maximum Gasteiger partial charge on any atom is 0.205 e. The number of rotatable bonds is 4. The van der Waals surface area contributed by atoms with Crippen LogP contribution in [0, 0.1) is 0 Å². The van der Waals surface area contributed by atoms with Gasteiger partial charge in [-0.25, -0.2) is 0 Å². The van der Waals surface area contributed by atoms with Crippen LogP contribution in [0.2, 0.25) is 0 Å². The highest BCUT2D eigenvalue weighted by Gasteiger charge is 2.22. The highest BCUT2D eigenvalue weighted by Crippen LogP contribution is 2.42. The van der Waals surface area contributed by atoms with E-state index in [1.165, 1.54) is 28.4 Å². The first-order chi connectivity index (χ1) is 11.2. The Morgan fingerprint density at radius 1 is 0.826 bits per heavy atom. The van der Waals surface area contributed by atoms with Crippen molar-refractivity contribution in [1.29, 1.82) is 0 Å². The smallest absolute Gasteiger partial charge is 0.205 e. The maximum atomic E-state index is 12.9. The van der Waals surface area contributed by atoms with E-state index in [4.69, 9.17) is 23.4 Å². The molecular weight excluding hydrogens is 300 g/mol. The van der Waals surface area contributed by atoms with Crippen molar-refractivity contribution < 1.29 is 23.4 Å². The van der Waals surface area contributed by atoms with Gasteiger partial charge in [0.2, 0.25) is 11.2 Å². The Hall–Kier alpha value is -2.89. The van der Waals surface area contributed by atoms with E-state index in [0.29, 0.717) is 39.4 Å². The Balaban J connectivity index is 2.60. The lowest BCUT2D eigenvalue weighted by atomic mass is 10.1. The minimum absolute atomic E-state index is 0.224. The third-order valence-corrected chi connectivity index (χ3v) is 3.68. The summed E-state index contributed by atoms with van der Waals surface area (Å²) in [5.41, 5.74) is 0.379. The number of ether oxygens (including phenoxy) is 4. The molecule has 0 aliphatic carbocycles. The van der Waals surface area contributed by atoms with E-state index >= 15 is 0 Å². The molecule has 23 heavy (non-hydrogen) atoms. The van der Waals surface area contributed by atoms with Gasteiger partial charge in [-0.3, -0.25) is 4.79 Å². The number of para-hydroxylation sites is 1. The fourth-order valence-corrected chi connectivity index (χ4v) is 2.61. The molecule has 1 aromatic heterocycles. The molecule has 0 spiro atoms. The molecule has 0 radical (unpaired) electrons. The van der Waals surface area contributed by atoms with Crippen molar-refractivity contribution in [1.82, 2.24) is 0 Å². The lowest BCUT2D eigenvalue weighted by molar-refractivity contribution is 0.348. The minimum Gasteiger partial charge on any atom is -0.496 e. The summed E-state index contributed by atoms with van der Waals surface area (Å²) >= 11 is 0. The second-order valence-corrected chi connectivity index (χ2v) is 4.79. The summed E-state index contributed by atoms with van der Waals surface area (Å²) in [4.78, 5) is 12.9. The van der Waals surface area contributed by atoms with Gasteiger partial charge < -0.3 is 23.4 Å². The van der Waals surface area contributed by atoms with Gasteiger partial charge in [-0.05, 0) is 12.1 Å². The van der Waals surface area contributed by atoms with E-state index in [0.717, 1.165) is 0 Å². The monoisotopic (exact) mass is 316 g/mol. The first-order valence-electron chi connectivity index (χ1n) is 6.88. The molecule has 0 fully saturated rings. The van der Waals surface area contributed by atoms with Gasteiger partial charge in [0.05, 0.1) is 33.8 Å². The van der Waals surface area contributed by atoms with Crippen molar-refractivity contribution in [3.8, 4) is 23.0 Å². The van der Waals surface area contributed by atoms with Crippen LogP contribution in [0.1, 0.15) is 0 Å². The van der Waals surface area contributed by atoms with E-state index in [1.807, 2.05) is 0 Å². The van der Waals surface area contributed by atoms with Crippen LogP contribution in [-0.4, -0.2) is 28.4 Å². The molecule has 3 rings (SSSR count). The SMILES string of the molecule is COc1cc(OC)c2c(=O)c3cccc(OC)c3oc2c1OC. The van der Waals surface area contributed by atoms with E-state index in [9.17, 15) is 4.79 Å². The van der Waals surface area contributed by atoms with Crippen molar-refractivity contribution in [2.24, 2.45) is 0 Å². The predicted octanol–water partition coefficient (Wildman–Crippen LogP) is 2.98. The Morgan fingerprint density at radius 2 is 1.52 bits per heavy atom. The lowest BCUT2D eigenvalue weighted by Gasteiger charge is -2.14. The summed E-state index contributed by atoms with van der Waals surface area (Å²) in [6, 6.07) is 6.74. The van der Waals surface area contributed by atoms with Crippen molar-refractivity contribution in [3.63, 3.8) is 0 Å². The average Bonchev–Trinajstić information content (AvgIpc) is 2.59. The number of methoxy groups -OCH3 is 4. The fraction of sp³-hybridized carbons (Fsp3) is 0.235. The van der Waals surface area contributed by atoms with E-state index < -0.39 is 0 Å². The third kappa shape index (κ3) is 2.14. The van der Waals surface area contributed by atoms with Gasteiger partial charge in [-0.15, -0.1) is 0 Å². The Labute approximate surface area is 132 Å².